The molecule has 0 radical (unpaired) electrons. The summed E-state index contributed by atoms with van der Waals surface area (Å²) in [6.07, 6.45) is 5.16. The Morgan fingerprint density at radius 2 is 1.94 bits per heavy atom. The van der Waals surface area contributed by atoms with Crippen LogP contribution in [-0.2, 0) is 9.47 Å². The molecule has 3 N–H and O–H groups in total. The summed E-state index contributed by atoms with van der Waals surface area (Å²) in [6, 6.07) is 7.60. The second-order valence-corrected chi connectivity index (χ2v) is 7.98. The number of hydrogen-bond acceptors (Lipinski definition) is 8. The molecule has 162 valence electrons. The first-order chi connectivity index (χ1) is 14.9. The van der Waals surface area contributed by atoms with E-state index in [1.807, 2.05) is 30.5 Å². The van der Waals surface area contributed by atoms with Crippen molar-refractivity contribution in [1.82, 2.24) is 9.97 Å². The summed E-state index contributed by atoms with van der Waals surface area (Å²) in [5.41, 5.74) is 10.3. The van der Waals surface area contributed by atoms with Crippen molar-refractivity contribution in [3.63, 3.8) is 0 Å². The number of anilines is 2. The maximum Gasteiger partial charge on any atom is 0.187 e. The first-order valence-electron chi connectivity index (χ1n) is 10.5. The van der Waals surface area contributed by atoms with Crippen LogP contribution in [-0.4, -0.2) is 54.0 Å². The summed E-state index contributed by atoms with van der Waals surface area (Å²) in [5.74, 6) is 1.52. The smallest absolute Gasteiger partial charge is 0.187 e. The van der Waals surface area contributed by atoms with Crippen molar-refractivity contribution >= 4 is 28.7 Å². The summed E-state index contributed by atoms with van der Waals surface area (Å²) < 4.78 is 11.0. The highest BCUT2D eigenvalue weighted by atomic mass is 16.5. The Labute approximate surface area is 182 Å². The number of ether oxygens (including phenoxy) is 2. The van der Waals surface area contributed by atoms with E-state index >= 15 is 0 Å². The zero-order chi connectivity index (χ0) is 22.0. The number of aromatic nitrogens is 2. The van der Waals surface area contributed by atoms with Crippen LogP contribution >= 0.6 is 0 Å². The van der Waals surface area contributed by atoms with Gasteiger partial charge in [-0.25, -0.2) is 15.0 Å². The fraction of sp³-hybridized carbons (Fsp3) is 0.391. The molecule has 1 aromatic heterocycles. The van der Waals surface area contributed by atoms with Gasteiger partial charge in [-0.1, -0.05) is 6.07 Å². The van der Waals surface area contributed by atoms with Crippen molar-refractivity contribution < 1.29 is 9.47 Å². The molecule has 1 aromatic carbocycles. The lowest BCUT2D eigenvalue weighted by Crippen LogP contribution is -2.45. The van der Waals surface area contributed by atoms with Crippen molar-refractivity contribution in [2.75, 3.05) is 30.8 Å². The van der Waals surface area contributed by atoms with E-state index < -0.39 is 0 Å². The molecule has 2 aromatic rings. The molecule has 1 saturated heterocycles. The Bertz CT molecular complexity index is 1040. The maximum absolute atomic E-state index is 8.79. The number of hydrogen-bond donors (Lipinski definition) is 2. The predicted octanol–water partition coefficient (Wildman–Crippen LogP) is 3.27. The minimum Gasteiger partial charge on any atom is -0.484 e. The van der Waals surface area contributed by atoms with E-state index in [2.05, 4.69) is 33.7 Å². The molecular weight excluding hydrogens is 392 g/mol. The van der Waals surface area contributed by atoms with Gasteiger partial charge in [-0.15, -0.1) is 0 Å². The molecule has 2 aliphatic heterocycles. The van der Waals surface area contributed by atoms with Crippen LogP contribution in [0.3, 0.4) is 0 Å². The summed E-state index contributed by atoms with van der Waals surface area (Å²) >= 11 is 0. The second kappa shape index (κ2) is 8.85. The van der Waals surface area contributed by atoms with Crippen LogP contribution in [0, 0.1) is 5.41 Å². The number of nitrogens with zero attached hydrogens (tertiary/aromatic N) is 4. The monoisotopic (exact) mass is 420 g/mol. The Balaban J connectivity index is 1.61. The van der Waals surface area contributed by atoms with Gasteiger partial charge in [-0.3, -0.25) is 5.41 Å². The summed E-state index contributed by atoms with van der Waals surface area (Å²) in [5, 5.41) is 8.79. The van der Waals surface area contributed by atoms with E-state index in [0.29, 0.717) is 16.9 Å². The van der Waals surface area contributed by atoms with Crippen molar-refractivity contribution in [3.05, 3.63) is 53.6 Å². The quantitative estimate of drug-likeness (QED) is 0.580. The Hall–Kier alpha value is -3.26. The lowest BCUT2D eigenvalue weighted by atomic mass is 9.95. The number of nitrogens with one attached hydrogen (secondary N) is 1. The Morgan fingerprint density at radius 1 is 1.16 bits per heavy atom. The van der Waals surface area contributed by atoms with Gasteiger partial charge >= 0.3 is 0 Å². The van der Waals surface area contributed by atoms with Crippen LogP contribution in [0.4, 0.5) is 11.5 Å². The van der Waals surface area contributed by atoms with Gasteiger partial charge in [0.25, 0.3) is 0 Å². The van der Waals surface area contributed by atoms with E-state index in [-0.39, 0.29) is 17.9 Å². The van der Waals surface area contributed by atoms with Gasteiger partial charge in [0.05, 0.1) is 30.7 Å². The van der Waals surface area contributed by atoms with Crippen LogP contribution in [0.5, 0.6) is 0 Å². The van der Waals surface area contributed by atoms with Gasteiger partial charge in [0, 0.05) is 43.0 Å². The van der Waals surface area contributed by atoms with E-state index in [0.717, 1.165) is 48.8 Å². The fourth-order valence-corrected chi connectivity index (χ4v) is 4.03. The van der Waals surface area contributed by atoms with E-state index in [4.69, 9.17) is 20.6 Å². The van der Waals surface area contributed by atoms with Gasteiger partial charge in [0.1, 0.15) is 12.1 Å². The third-order valence-corrected chi connectivity index (χ3v) is 5.55. The topological polar surface area (TPSA) is 110 Å². The molecule has 0 bridgehead atoms. The minimum absolute atomic E-state index is 0.124. The molecule has 4 rings (SSSR count). The van der Waals surface area contributed by atoms with Crippen LogP contribution in [0.25, 0.3) is 5.57 Å². The van der Waals surface area contributed by atoms with Gasteiger partial charge in [-0.05, 0) is 43.5 Å². The fourth-order valence-electron chi connectivity index (χ4n) is 4.03. The average molecular weight is 421 g/mol. The zero-order valence-corrected chi connectivity index (χ0v) is 18.1. The predicted molar refractivity (Wildman–Crippen MR) is 123 cm³/mol. The first kappa shape index (κ1) is 21.0. The molecular formula is C23H28N6O2. The summed E-state index contributed by atoms with van der Waals surface area (Å²) in [6.45, 7) is 5.62. The zero-order valence-electron chi connectivity index (χ0n) is 18.1. The van der Waals surface area contributed by atoms with Crippen molar-refractivity contribution in [2.45, 2.75) is 38.9 Å². The molecule has 8 heteroatoms. The minimum atomic E-state index is 0.124. The summed E-state index contributed by atoms with van der Waals surface area (Å²) in [4.78, 5) is 15.3. The number of nitrogens with two attached hydrogens (primary N) is 1. The van der Waals surface area contributed by atoms with Crippen molar-refractivity contribution in [1.29, 1.82) is 5.41 Å². The Kier molecular flexibility index (Phi) is 5.99. The molecule has 2 unspecified atom stereocenters. The second-order valence-electron chi connectivity index (χ2n) is 7.98. The number of methoxy groups -OCH3 is 1. The normalized spacial score (nSPS) is 21.3. The molecule has 3 heterocycles. The third-order valence-electron chi connectivity index (χ3n) is 5.55. The molecule has 2 atom stereocenters. The molecule has 1 fully saturated rings. The average Bonchev–Trinajstić information content (AvgIpc) is 2.78. The van der Waals surface area contributed by atoms with Gasteiger partial charge in [0.2, 0.25) is 0 Å². The van der Waals surface area contributed by atoms with Crippen LogP contribution in [0.1, 0.15) is 43.5 Å². The lowest BCUT2D eigenvalue weighted by Gasteiger charge is -2.36. The van der Waals surface area contributed by atoms with Crippen LogP contribution in [0.15, 0.2) is 41.8 Å². The van der Waals surface area contributed by atoms with Crippen LogP contribution < -0.4 is 10.6 Å². The number of aliphatic imine (C=N–C) groups is 1. The summed E-state index contributed by atoms with van der Waals surface area (Å²) in [7, 11) is 1.63. The van der Waals surface area contributed by atoms with E-state index in [1.165, 1.54) is 6.33 Å². The number of allylic oxidation sites excluding steroid dienone is 1. The molecule has 8 nitrogen and oxygen atoms in total. The molecule has 31 heavy (non-hydrogen) atoms. The molecule has 2 aliphatic rings. The maximum atomic E-state index is 8.79. The highest BCUT2D eigenvalue weighted by Crippen LogP contribution is 2.28. The highest BCUT2D eigenvalue weighted by Gasteiger charge is 2.24. The molecule has 0 amide bonds. The SMILES string of the molecule is COC1=NC=C(c2ccc(N)c(C(=N)c3cc(N4CC(C)OC(C)C4)ncn3)c2)CC1. The molecule has 0 saturated carbocycles. The number of morpholine rings is 1. The largest absolute Gasteiger partial charge is 0.484 e. The number of nitrogen functional groups attached to an aromatic ring is 1. The third kappa shape index (κ3) is 4.59. The van der Waals surface area contributed by atoms with Gasteiger partial charge in [-0.2, -0.15) is 0 Å². The Morgan fingerprint density at radius 3 is 2.61 bits per heavy atom. The van der Waals surface area contributed by atoms with Crippen LogP contribution in [0.2, 0.25) is 0 Å². The number of benzene rings is 1. The standard InChI is InChI=1S/C23H28N6O2/c1-14-11-29(12-15(2)31-14)21-9-20(27-13-28-21)23(25)18-8-16(4-6-19(18)24)17-5-7-22(30-3)26-10-17/h4,6,8-10,13-15,25H,5,7,11-12,24H2,1-3H3. The van der Waals surface area contributed by atoms with Gasteiger partial charge in [0.15, 0.2) is 5.90 Å². The van der Waals surface area contributed by atoms with Gasteiger partial charge < -0.3 is 20.1 Å². The number of rotatable bonds is 4. The molecule has 0 spiro atoms. The first-order valence-corrected chi connectivity index (χ1v) is 10.5. The van der Waals surface area contributed by atoms with E-state index in [9.17, 15) is 0 Å². The van der Waals surface area contributed by atoms with Crippen molar-refractivity contribution in [2.24, 2.45) is 4.99 Å². The van der Waals surface area contributed by atoms with E-state index in [1.54, 1.807) is 7.11 Å². The molecule has 0 aliphatic carbocycles. The van der Waals surface area contributed by atoms with Crippen molar-refractivity contribution in [3.8, 4) is 0 Å². The lowest BCUT2D eigenvalue weighted by molar-refractivity contribution is -0.00546. The highest BCUT2D eigenvalue weighted by molar-refractivity contribution is 6.13.